The predicted octanol–water partition coefficient (Wildman–Crippen LogP) is 2.68. The first-order chi connectivity index (χ1) is 9.21. The zero-order valence-corrected chi connectivity index (χ0v) is 11.9. The maximum absolute atomic E-state index is 9.51. The number of nitriles is 1. The van der Waals surface area contributed by atoms with Crippen molar-refractivity contribution in [2.75, 3.05) is 19.7 Å². The Hall–Kier alpha value is -1.37. The van der Waals surface area contributed by atoms with Gasteiger partial charge in [-0.25, -0.2) is 0 Å². The van der Waals surface area contributed by atoms with Crippen LogP contribution in [-0.4, -0.2) is 24.8 Å². The summed E-state index contributed by atoms with van der Waals surface area (Å²) in [6.45, 7) is 5.76. The summed E-state index contributed by atoms with van der Waals surface area (Å²) in [7, 11) is 0. The van der Waals surface area contributed by atoms with Crippen LogP contribution in [0.25, 0.3) is 0 Å². The Morgan fingerprint density at radius 1 is 1.26 bits per heavy atom. The molecule has 0 aliphatic carbocycles. The lowest BCUT2D eigenvalue weighted by molar-refractivity contribution is 0.113. The van der Waals surface area contributed by atoms with E-state index in [9.17, 15) is 10.4 Å². The van der Waals surface area contributed by atoms with Gasteiger partial charge < -0.3 is 10.4 Å². The van der Waals surface area contributed by atoms with Gasteiger partial charge in [0.2, 0.25) is 0 Å². The Labute approximate surface area is 116 Å². The van der Waals surface area contributed by atoms with E-state index in [0.717, 1.165) is 24.9 Å². The van der Waals surface area contributed by atoms with E-state index in [1.807, 2.05) is 30.3 Å². The largest absolute Gasteiger partial charge is 0.396 e. The normalized spacial score (nSPS) is 12.9. The van der Waals surface area contributed by atoms with Gasteiger partial charge in [-0.2, -0.15) is 5.26 Å². The van der Waals surface area contributed by atoms with Crippen LogP contribution in [0.3, 0.4) is 0 Å². The van der Waals surface area contributed by atoms with Crippen molar-refractivity contribution >= 4 is 0 Å². The highest BCUT2D eigenvalue weighted by Crippen LogP contribution is 2.24. The Balaban J connectivity index is 2.54. The summed E-state index contributed by atoms with van der Waals surface area (Å²) in [6, 6.07) is 12.2. The van der Waals surface area contributed by atoms with Crippen LogP contribution in [0.5, 0.6) is 0 Å². The molecule has 0 saturated heterocycles. The molecule has 0 radical (unpaired) electrons. The molecule has 0 bridgehead atoms. The zero-order valence-electron chi connectivity index (χ0n) is 11.9. The fourth-order valence-corrected chi connectivity index (χ4v) is 2.18. The van der Waals surface area contributed by atoms with Crippen LogP contribution in [0.15, 0.2) is 30.3 Å². The van der Waals surface area contributed by atoms with Crippen molar-refractivity contribution in [2.24, 2.45) is 5.41 Å². The first kappa shape index (κ1) is 15.7. The van der Waals surface area contributed by atoms with Crippen LogP contribution in [-0.2, 0) is 0 Å². The monoisotopic (exact) mass is 260 g/mol. The molecule has 104 valence electrons. The third kappa shape index (κ3) is 4.34. The second kappa shape index (κ2) is 7.93. The molecule has 1 aromatic rings. The van der Waals surface area contributed by atoms with E-state index in [0.29, 0.717) is 6.54 Å². The summed E-state index contributed by atoms with van der Waals surface area (Å²) in [6.07, 6.45) is 1.88. The van der Waals surface area contributed by atoms with Gasteiger partial charge in [0.15, 0.2) is 0 Å². The summed E-state index contributed by atoms with van der Waals surface area (Å²) < 4.78 is 0. The molecule has 0 aromatic heterocycles. The summed E-state index contributed by atoms with van der Waals surface area (Å²) in [5.41, 5.74) is 0.983. The van der Waals surface area contributed by atoms with Crippen molar-refractivity contribution in [1.82, 2.24) is 5.32 Å². The number of nitrogens with one attached hydrogen (secondary N) is 1. The fraction of sp³-hybridized carbons (Fsp3) is 0.562. The highest BCUT2D eigenvalue weighted by atomic mass is 16.3. The van der Waals surface area contributed by atoms with Crippen LogP contribution in [0.4, 0.5) is 0 Å². The number of nitrogens with zero attached hydrogens (tertiary/aromatic N) is 1. The van der Waals surface area contributed by atoms with Gasteiger partial charge in [-0.05, 0) is 18.4 Å². The van der Waals surface area contributed by atoms with E-state index >= 15 is 0 Å². The standard InChI is InChI=1S/C16H24N2O/c1-3-16(4-2,13-19)12-18-11-15(10-17)14-8-6-5-7-9-14/h5-9,15,18-19H,3-4,11-13H2,1-2H3. The second-order valence-electron chi connectivity index (χ2n) is 5.09. The van der Waals surface area contributed by atoms with E-state index in [1.54, 1.807) is 0 Å². The van der Waals surface area contributed by atoms with Crippen molar-refractivity contribution in [3.8, 4) is 6.07 Å². The van der Waals surface area contributed by atoms with Crippen molar-refractivity contribution in [3.05, 3.63) is 35.9 Å². The molecule has 1 unspecified atom stereocenters. The molecule has 19 heavy (non-hydrogen) atoms. The van der Waals surface area contributed by atoms with Crippen molar-refractivity contribution in [3.63, 3.8) is 0 Å². The Kier molecular flexibility index (Phi) is 6.55. The molecule has 3 nitrogen and oxygen atoms in total. The number of hydrogen-bond acceptors (Lipinski definition) is 3. The summed E-state index contributed by atoms with van der Waals surface area (Å²) in [4.78, 5) is 0. The van der Waals surface area contributed by atoms with Gasteiger partial charge in [-0.3, -0.25) is 0 Å². The highest BCUT2D eigenvalue weighted by Gasteiger charge is 2.25. The molecular weight excluding hydrogens is 236 g/mol. The lowest BCUT2D eigenvalue weighted by Crippen LogP contribution is -2.38. The third-order valence-corrected chi connectivity index (χ3v) is 4.04. The maximum atomic E-state index is 9.51. The fourth-order valence-electron chi connectivity index (χ4n) is 2.18. The minimum atomic E-state index is -0.133. The molecule has 1 aromatic carbocycles. The van der Waals surface area contributed by atoms with Crippen LogP contribution in [0, 0.1) is 16.7 Å². The minimum Gasteiger partial charge on any atom is -0.396 e. The molecule has 0 fully saturated rings. The first-order valence-corrected chi connectivity index (χ1v) is 6.97. The van der Waals surface area contributed by atoms with Crippen LogP contribution in [0.2, 0.25) is 0 Å². The summed E-state index contributed by atoms with van der Waals surface area (Å²) in [5.74, 6) is -0.133. The Morgan fingerprint density at radius 3 is 2.37 bits per heavy atom. The highest BCUT2D eigenvalue weighted by molar-refractivity contribution is 5.25. The molecule has 0 spiro atoms. The lowest BCUT2D eigenvalue weighted by Gasteiger charge is -2.30. The summed E-state index contributed by atoms with van der Waals surface area (Å²) in [5, 5.41) is 22.1. The smallest absolute Gasteiger partial charge is 0.0837 e. The van der Waals surface area contributed by atoms with E-state index in [-0.39, 0.29) is 17.9 Å². The molecule has 3 heteroatoms. The number of rotatable bonds is 8. The van der Waals surface area contributed by atoms with Crippen molar-refractivity contribution < 1.29 is 5.11 Å². The van der Waals surface area contributed by atoms with Gasteiger partial charge in [-0.15, -0.1) is 0 Å². The van der Waals surface area contributed by atoms with E-state index in [1.165, 1.54) is 0 Å². The number of aliphatic hydroxyl groups is 1. The number of aliphatic hydroxyl groups excluding tert-OH is 1. The third-order valence-electron chi connectivity index (χ3n) is 4.04. The molecule has 0 aliphatic rings. The van der Waals surface area contributed by atoms with Gasteiger partial charge >= 0.3 is 0 Å². The molecule has 0 heterocycles. The van der Waals surface area contributed by atoms with Crippen molar-refractivity contribution in [2.45, 2.75) is 32.6 Å². The maximum Gasteiger partial charge on any atom is 0.0837 e. The topological polar surface area (TPSA) is 56.0 Å². The van der Waals surface area contributed by atoms with Gasteiger partial charge in [0.25, 0.3) is 0 Å². The van der Waals surface area contributed by atoms with E-state index in [4.69, 9.17) is 0 Å². The van der Waals surface area contributed by atoms with Gasteiger partial charge in [0, 0.05) is 25.1 Å². The molecule has 0 aliphatic heterocycles. The van der Waals surface area contributed by atoms with Gasteiger partial charge in [-0.1, -0.05) is 44.2 Å². The molecular formula is C16H24N2O. The van der Waals surface area contributed by atoms with Gasteiger partial charge in [0.1, 0.15) is 0 Å². The van der Waals surface area contributed by atoms with Crippen LogP contribution >= 0.6 is 0 Å². The average molecular weight is 260 g/mol. The molecule has 2 N–H and O–H groups in total. The number of benzene rings is 1. The average Bonchev–Trinajstić information content (AvgIpc) is 2.49. The predicted molar refractivity (Wildman–Crippen MR) is 77.8 cm³/mol. The van der Waals surface area contributed by atoms with Crippen molar-refractivity contribution in [1.29, 1.82) is 5.26 Å². The number of hydrogen-bond donors (Lipinski definition) is 2. The van der Waals surface area contributed by atoms with E-state index < -0.39 is 0 Å². The summed E-state index contributed by atoms with van der Waals surface area (Å²) >= 11 is 0. The quantitative estimate of drug-likeness (QED) is 0.755. The second-order valence-corrected chi connectivity index (χ2v) is 5.09. The molecule has 0 saturated carbocycles. The van der Waals surface area contributed by atoms with Gasteiger partial charge in [0.05, 0.1) is 12.0 Å². The van der Waals surface area contributed by atoms with Crippen LogP contribution in [0.1, 0.15) is 38.2 Å². The Bertz CT molecular complexity index is 385. The first-order valence-electron chi connectivity index (χ1n) is 6.97. The van der Waals surface area contributed by atoms with Crippen LogP contribution < -0.4 is 5.32 Å². The molecule has 0 amide bonds. The molecule has 1 rings (SSSR count). The lowest BCUT2D eigenvalue weighted by atomic mass is 9.83. The van der Waals surface area contributed by atoms with E-state index in [2.05, 4.69) is 25.2 Å². The molecule has 1 atom stereocenters. The zero-order chi connectivity index (χ0) is 14.1. The Morgan fingerprint density at radius 2 is 1.89 bits per heavy atom. The minimum absolute atomic E-state index is 0.0588. The SMILES string of the molecule is CCC(CC)(CO)CNCC(C#N)c1ccccc1.